The molecule has 2 rings (SSSR count). The minimum atomic E-state index is -0.477. The molecule has 0 aliphatic carbocycles. The summed E-state index contributed by atoms with van der Waals surface area (Å²) in [6.07, 6.45) is 3.37. The van der Waals surface area contributed by atoms with Gasteiger partial charge in [0, 0.05) is 18.8 Å². The van der Waals surface area contributed by atoms with E-state index in [2.05, 4.69) is 48.3 Å². The molecule has 3 heteroatoms. The molecule has 0 bridgehead atoms. The number of aryl methyl sites for hydroxylation is 2. The van der Waals surface area contributed by atoms with Crippen LogP contribution in [-0.4, -0.2) is 25.2 Å². The number of rotatable bonds is 5. The maximum absolute atomic E-state index is 9.50. The van der Waals surface area contributed by atoms with Crippen molar-refractivity contribution in [1.29, 1.82) is 5.26 Å². The average molecular weight is 271 g/mol. The van der Waals surface area contributed by atoms with Gasteiger partial charge in [-0.05, 0) is 51.3 Å². The van der Waals surface area contributed by atoms with Crippen LogP contribution in [0.1, 0.15) is 37.8 Å². The lowest BCUT2D eigenvalue weighted by atomic mass is 9.96. The van der Waals surface area contributed by atoms with Crippen LogP contribution in [0.4, 0.5) is 5.69 Å². The summed E-state index contributed by atoms with van der Waals surface area (Å²) in [4.78, 5) is 2.37. The van der Waals surface area contributed by atoms with Gasteiger partial charge >= 0.3 is 0 Å². The van der Waals surface area contributed by atoms with Crippen LogP contribution in [0.15, 0.2) is 18.2 Å². The molecule has 1 atom stereocenters. The van der Waals surface area contributed by atoms with Crippen molar-refractivity contribution in [3.8, 4) is 6.07 Å². The number of anilines is 1. The highest BCUT2D eigenvalue weighted by molar-refractivity contribution is 5.57. The molecule has 0 amide bonds. The van der Waals surface area contributed by atoms with Crippen molar-refractivity contribution in [3.63, 3.8) is 0 Å². The number of hydrogen-bond donors (Lipinski definition) is 1. The standard InChI is InChI=1S/C17H25N3/c1-4-9-19-17(3,12-18)13-20-10-5-6-15-11-14(2)7-8-16(15)20/h7-8,11,19H,4-6,9-10,13H2,1-3H3. The second-order valence-corrected chi connectivity index (χ2v) is 6.03. The fraction of sp³-hybridized carbons (Fsp3) is 0.588. The molecule has 1 aliphatic heterocycles. The zero-order valence-electron chi connectivity index (χ0n) is 12.9. The van der Waals surface area contributed by atoms with Crippen molar-refractivity contribution in [1.82, 2.24) is 5.32 Å². The molecule has 1 heterocycles. The van der Waals surface area contributed by atoms with Crippen molar-refractivity contribution >= 4 is 5.69 Å². The highest BCUT2D eigenvalue weighted by atomic mass is 15.2. The normalized spacial score (nSPS) is 17.2. The molecule has 1 aliphatic rings. The Morgan fingerprint density at radius 3 is 2.95 bits per heavy atom. The van der Waals surface area contributed by atoms with Gasteiger partial charge in [-0.3, -0.25) is 5.32 Å². The molecular formula is C17H25N3. The molecule has 3 nitrogen and oxygen atoms in total. The maximum Gasteiger partial charge on any atom is 0.121 e. The van der Waals surface area contributed by atoms with Gasteiger partial charge in [-0.15, -0.1) is 0 Å². The van der Waals surface area contributed by atoms with E-state index >= 15 is 0 Å². The number of fused-ring (bicyclic) bond motifs is 1. The van der Waals surface area contributed by atoms with Crippen molar-refractivity contribution in [2.75, 3.05) is 24.5 Å². The molecule has 1 N–H and O–H groups in total. The molecule has 0 fully saturated rings. The molecule has 1 aromatic carbocycles. The Balaban J connectivity index is 2.17. The van der Waals surface area contributed by atoms with Crippen molar-refractivity contribution in [2.45, 2.75) is 45.6 Å². The third kappa shape index (κ3) is 3.32. The van der Waals surface area contributed by atoms with Gasteiger partial charge < -0.3 is 4.90 Å². The summed E-state index contributed by atoms with van der Waals surface area (Å²) in [6.45, 7) is 8.95. The van der Waals surface area contributed by atoms with Crippen LogP contribution < -0.4 is 10.2 Å². The number of benzene rings is 1. The van der Waals surface area contributed by atoms with Gasteiger partial charge in [0.05, 0.1) is 6.07 Å². The fourth-order valence-corrected chi connectivity index (χ4v) is 2.88. The van der Waals surface area contributed by atoms with Gasteiger partial charge in [0.1, 0.15) is 5.54 Å². The van der Waals surface area contributed by atoms with Crippen molar-refractivity contribution in [2.24, 2.45) is 0 Å². The van der Waals surface area contributed by atoms with Gasteiger partial charge in [0.15, 0.2) is 0 Å². The van der Waals surface area contributed by atoms with Gasteiger partial charge in [-0.1, -0.05) is 24.6 Å². The Kier molecular flexibility index (Phi) is 4.67. The largest absolute Gasteiger partial charge is 0.368 e. The molecule has 0 saturated heterocycles. The van der Waals surface area contributed by atoms with Gasteiger partial charge in [0.2, 0.25) is 0 Å². The van der Waals surface area contributed by atoms with Crippen LogP contribution in [0.2, 0.25) is 0 Å². The molecule has 20 heavy (non-hydrogen) atoms. The molecule has 0 saturated carbocycles. The van der Waals surface area contributed by atoms with Gasteiger partial charge in [-0.25, -0.2) is 0 Å². The number of nitriles is 1. The minimum absolute atomic E-state index is 0.477. The third-order valence-corrected chi connectivity index (χ3v) is 3.97. The first-order valence-electron chi connectivity index (χ1n) is 7.59. The molecule has 0 aromatic heterocycles. The van der Waals surface area contributed by atoms with Crippen LogP contribution in [0.25, 0.3) is 0 Å². The van der Waals surface area contributed by atoms with E-state index in [9.17, 15) is 5.26 Å². The van der Waals surface area contributed by atoms with E-state index in [0.29, 0.717) is 0 Å². The minimum Gasteiger partial charge on any atom is -0.368 e. The van der Waals surface area contributed by atoms with E-state index in [0.717, 1.165) is 32.5 Å². The van der Waals surface area contributed by atoms with Crippen molar-refractivity contribution in [3.05, 3.63) is 29.3 Å². The van der Waals surface area contributed by atoms with Crippen LogP contribution >= 0.6 is 0 Å². The van der Waals surface area contributed by atoms with E-state index in [1.807, 2.05) is 6.92 Å². The second kappa shape index (κ2) is 6.28. The first kappa shape index (κ1) is 14.9. The Morgan fingerprint density at radius 2 is 2.25 bits per heavy atom. The first-order valence-corrected chi connectivity index (χ1v) is 7.59. The van der Waals surface area contributed by atoms with Crippen LogP contribution in [-0.2, 0) is 6.42 Å². The highest BCUT2D eigenvalue weighted by Gasteiger charge is 2.28. The zero-order valence-corrected chi connectivity index (χ0v) is 12.9. The Hall–Kier alpha value is -1.53. The summed E-state index contributed by atoms with van der Waals surface area (Å²) in [5.74, 6) is 0. The van der Waals surface area contributed by atoms with E-state index in [-0.39, 0.29) is 0 Å². The van der Waals surface area contributed by atoms with E-state index < -0.39 is 5.54 Å². The van der Waals surface area contributed by atoms with Gasteiger partial charge in [0.25, 0.3) is 0 Å². The molecule has 108 valence electrons. The lowest BCUT2D eigenvalue weighted by Gasteiger charge is -2.37. The molecular weight excluding hydrogens is 246 g/mol. The van der Waals surface area contributed by atoms with Crippen molar-refractivity contribution < 1.29 is 0 Å². The SMILES string of the molecule is CCCNC(C)(C#N)CN1CCCc2cc(C)ccc21. The highest BCUT2D eigenvalue weighted by Crippen LogP contribution is 2.29. The summed E-state index contributed by atoms with van der Waals surface area (Å²) < 4.78 is 0. The lowest BCUT2D eigenvalue weighted by Crippen LogP contribution is -2.51. The van der Waals surface area contributed by atoms with E-state index in [1.165, 1.54) is 23.2 Å². The predicted octanol–water partition coefficient (Wildman–Crippen LogP) is 3.03. The molecule has 0 spiro atoms. The number of nitrogens with zero attached hydrogens (tertiary/aromatic N) is 2. The first-order chi connectivity index (χ1) is 9.58. The smallest absolute Gasteiger partial charge is 0.121 e. The van der Waals surface area contributed by atoms with Crippen LogP contribution in [0, 0.1) is 18.3 Å². The quantitative estimate of drug-likeness (QED) is 0.894. The average Bonchev–Trinajstić information content (AvgIpc) is 2.45. The topological polar surface area (TPSA) is 39.1 Å². The monoisotopic (exact) mass is 271 g/mol. The van der Waals surface area contributed by atoms with E-state index in [1.54, 1.807) is 0 Å². The molecule has 0 radical (unpaired) electrons. The summed E-state index contributed by atoms with van der Waals surface area (Å²) in [6, 6.07) is 9.11. The maximum atomic E-state index is 9.50. The fourth-order valence-electron chi connectivity index (χ4n) is 2.88. The molecule has 1 aromatic rings. The lowest BCUT2D eigenvalue weighted by molar-refractivity contribution is 0.437. The second-order valence-electron chi connectivity index (χ2n) is 6.03. The zero-order chi connectivity index (χ0) is 14.6. The third-order valence-electron chi connectivity index (χ3n) is 3.97. The van der Waals surface area contributed by atoms with Crippen LogP contribution in [0.5, 0.6) is 0 Å². The predicted molar refractivity (Wildman–Crippen MR) is 84.0 cm³/mol. The van der Waals surface area contributed by atoms with Gasteiger partial charge in [-0.2, -0.15) is 5.26 Å². The number of nitrogens with one attached hydrogen (secondary N) is 1. The van der Waals surface area contributed by atoms with E-state index in [4.69, 9.17) is 0 Å². The Morgan fingerprint density at radius 1 is 1.45 bits per heavy atom. The van der Waals surface area contributed by atoms with Crippen LogP contribution in [0.3, 0.4) is 0 Å². The summed E-state index contributed by atoms with van der Waals surface area (Å²) in [7, 11) is 0. The Bertz CT molecular complexity index is 503. The molecule has 1 unspecified atom stereocenters. The summed E-state index contributed by atoms with van der Waals surface area (Å²) in [5.41, 5.74) is 3.57. The summed E-state index contributed by atoms with van der Waals surface area (Å²) >= 11 is 0. The number of hydrogen-bond acceptors (Lipinski definition) is 3. The summed E-state index contributed by atoms with van der Waals surface area (Å²) in [5, 5.41) is 12.9. The Labute approximate surface area is 122 Å².